The summed E-state index contributed by atoms with van der Waals surface area (Å²) in [5.41, 5.74) is 2.13. The van der Waals surface area contributed by atoms with Gasteiger partial charge in [0.15, 0.2) is 0 Å². The minimum atomic E-state index is -2.45. The highest BCUT2D eigenvalue weighted by atomic mass is 79.9. The van der Waals surface area contributed by atoms with Crippen molar-refractivity contribution in [1.29, 1.82) is 5.26 Å². The normalized spacial score (nSPS) is 10.3. The van der Waals surface area contributed by atoms with Crippen LogP contribution in [0.5, 0.6) is 0 Å². The van der Waals surface area contributed by atoms with Gasteiger partial charge in [-0.15, -0.1) is 0 Å². The van der Waals surface area contributed by atoms with Crippen LogP contribution in [-0.2, 0) is 6.54 Å². The molecule has 0 aromatic heterocycles. The summed E-state index contributed by atoms with van der Waals surface area (Å²) in [5, 5.41) is 12.1. The monoisotopic (exact) mass is 336 g/mol. The van der Waals surface area contributed by atoms with Crippen LogP contribution in [0.15, 0.2) is 46.9 Å². The first-order chi connectivity index (χ1) is 9.60. The number of hydrogen-bond donors (Lipinski definition) is 1. The highest BCUT2D eigenvalue weighted by molar-refractivity contribution is 9.10. The van der Waals surface area contributed by atoms with Crippen molar-refractivity contribution in [3.05, 3.63) is 63.6 Å². The lowest BCUT2D eigenvalue weighted by atomic mass is 10.1. The second-order valence-electron chi connectivity index (χ2n) is 4.20. The molecule has 0 spiro atoms. The van der Waals surface area contributed by atoms with E-state index in [4.69, 9.17) is 5.26 Å². The Balaban J connectivity index is 2.09. The highest BCUT2D eigenvalue weighted by Crippen LogP contribution is 2.22. The van der Waals surface area contributed by atoms with Crippen LogP contribution in [0, 0.1) is 11.3 Å². The van der Waals surface area contributed by atoms with Gasteiger partial charge in [-0.25, -0.2) is 8.78 Å². The zero-order valence-corrected chi connectivity index (χ0v) is 12.0. The van der Waals surface area contributed by atoms with E-state index in [1.54, 1.807) is 24.3 Å². The Morgan fingerprint density at radius 2 is 1.85 bits per heavy atom. The topological polar surface area (TPSA) is 35.8 Å². The van der Waals surface area contributed by atoms with Crippen LogP contribution in [0.25, 0.3) is 0 Å². The SMILES string of the molecule is N#Cc1ccc(Br)cc1NCc1ccc(C(F)F)cc1. The Morgan fingerprint density at radius 3 is 2.45 bits per heavy atom. The summed E-state index contributed by atoms with van der Waals surface area (Å²) in [6.45, 7) is 0.467. The average Bonchev–Trinajstić information content (AvgIpc) is 2.45. The summed E-state index contributed by atoms with van der Waals surface area (Å²) in [6, 6.07) is 13.5. The second kappa shape index (κ2) is 6.49. The van der Waals surface area contributed by atoms with Crippen molar-refractivity contribution in [2.45, 2.75) is 13.0 Å². The molecule has 102 valence electrons. The van der Waals surface area contributed by atoms with E-state index in [0.717, 1.165) is 10.0 Å². The largest absolute Gasteiger partial charge is 0.380 e. The van der Waals surface area contributed by atoms with Gasteiger partial charge in [-0.2, -0.15) is 5.26 Å². The zero-order chi connectivity index (χ0) is 14.5. The van der Waals surface area contributed by atoms with Crippen LogP contribution in [0.2, 0.25) is 0 Å². The molecule has 0 heterocycles. The minimum absolute atomic E-state index is 0.00826. The van der Waals surface area contributed by atoms with Crippen LogP contribution in [0.4, 0.5) is 14.5 Å². The Morgan fingerprint density at radius 1 is 1.15 bits per heavy atom. The molecule has 2 rings (SSSR count). The number of hydrogen-bond acceptors (Lipinski definition) is 2. The maximum atomic E-state index is 12.4. The van der Waals surface area contributed by atoms with E-state index in [9.17, 15) is 8.78 Å². The summed E-state index contributed by atoms with van der Waals surface area (Å²) < 4.78 is 25.7. The molecule has 0 fully saturated rings. The van der Waals surface area contributed by atoms with Gasteiger partial charge in [0.05, 0.1) is 11.3 Å². The molecule has 20 heavy (non-hydrogen) atoms. The highest BCUT2D eigenvalue weighted by Gasteiger charge is 2.06. The Hall–Kier alpha value is -1.93. The number of nitrogens with one attached hydrogen (secondary N) is 1. The van der Waals surface area contributed by atoms with Gasteiger partial charge < -0.3 is 5.32 Å². The van der Waals surface area contributed by atoms with Gasteiger partial charge in [0.25, 0.3) is 6.43 Å². The fraction of sp³-hybridized carbons (Fsp3) is 0.133. The molecule has 0 aliphatic rings. The van der Waals surface area contributed by atoms with Crippen molar-refractivity contribution in [3.8, 4) is 6.07 Å². The third-order valence-electron chi connectivity index (χ3n) is 2.82. The molecule has 5 heteroatoms. The number of anilines is 1. The van der Waals surface area contributed by atoms with E-state index < -0.39 is 6.43 Å². The lowest BCUT2D eigenvalue weighted by molar-refractivity contribution is 0.151. The summed E-state index contributed by atoms with van der Waals surface area (Å²) in [6.07, 6.45) is -2.45. The van der Waals surface area contributed by atoms with Gasteiger partial charge in [-0.3, -0.25) is 0 Å². The molecule has 0 unspecified atom stereocenters. The quantitative estimate of drug-likeness (QED) is 0.864. The first kappa shape index (κ1) is 14.5. The van der Waals surface area contributed by atoms with E-state index in [1.807, 2.05) is 6.07 Å². The van der Waals surface area contributed by atoms with Crippen molar-refractivity contribution in [2.24, 2.45) is 0 Å². The van der Waals surface area contributed by atoms with Gasteiger partial charge in [0, 0.05) is 16.6 Å². The fourth-order valence-corrected chi connectivity index (χ4v) is 2.10. The molecular weight excluding hydrogens is 326 g/mol. The zero-order valence-electron chi connectivity index (χ0n) is 10.4. The van der Waals surface area contributed by atoms with Crippen LogP contribution in [-0.4, -0.2) is 0 Å². The predicted molar refractivity (Wildman–Crippen MR) is 77.6 cm³/mol. The number of alkyl halides is 2. The van der Waals surface area contributed by atoms with Gasteiger partial charge in [-0.1, -0.05) is 40.2 Å². The van der Waals surface area contributed by atoms with Gasteiger partial charge in [-0.05, 0) is 23.8 Å². The predicted octanol–water partition coefficient (Wildman–Crippen LogP) is 4.87. The van der Waals surface area contributed by atoms with Gasteiger partial charge in [0.1, 0.15) is 6.07 Å². The van der Waals surface area contributed by atoms with Crippen molar-refractivity contribution in [3.63, 3.8) is 0 Å². The van der Waals surface area contributed by atoms with E-state index in [2.05, 4.69) is 27.3 Å². The first-order valence-corrected chi connectivity index (χ1v) is 6.70. The molecular formula is C15H11BrF2N2. The number of benzene rings is 2. The second-order valence-corrected chi connectivity index (χ2v) is 5.11. The molecule has 0 aliphatic heterocycles. The standard InChI is InChI=1S/C15H11BrF2N2/c16-13-6-5-12(8-19)14(7-13)20-9-10-1-3-11(4-2-10)15(17)18/h1-7,15,20H,9H2. The van der Waals surface area contributed by atoms with Crippen molar-refractivity contribution < 1.29 is 8.78 Å². The average molecular weight is 337 g/mol. The summed E-state index contributed by atoms with van der Waals surface area (Å²) >= 11 is 3.34. The summed E-state index contributed by atoms with van der Waals surface area (Å²) in [4.78, 5) is 0. The van der Waals surface area contributed by atoms with Crippen LogP contribution in [0.3, 0.4) is 0 Å². The molecule has 0 bridgehead atoms. The van der Waals surface area contributed by atoms with Crippen molar-refractivity contribution in [2.75, 3.05) is 5.32 Å². The molecule has 1 N–H and O–H groups in total. The maximum absolute atomic E-state index is 12.4. The van der Waals surface area contributed by atoms with E-state index in [-0.39, 0.29) is 5.56 Å². The number of halogens is 3. The van der Waals surface area contributed by atoms with Crippen molar-refractivity contribution in [1.82, 2.24) is 0 Å². The molecule has 2 aromatic rings. The van der Waals surface area contributed by atoms with Crippen LogP contribution in [0.1, 0.15) is 23.1 Å². The lowest BCUT2D eigenvalue weighted by Gasteiger charge is -2.09. The molecule has 0 atom stereocenters. The number of rotatable bonds is 4. The Bertz CT molecular complexity index is 633. The fourth-order valence-electron chi connectivity index (χ4n) is 1.74. The van der Waals surface area contributed by atoms with Crippen LogP contribution < -0.4 is 5.32 Å². The van der Waals surface area contributed by atoms with Crippen LogP contribution >= 0.6 is 15.9 Å². The Kier molecular flexibility index (Phi) is 4.70. The molecule has 2 nitrogen and oxygen atoms in total. The molecule has 0 radical (unpaired) electrons. The van der Waals surface area contributed by atoms with E-state index in [0.29, 0.717) is 17.8 Å². The van der Waals surface area contributed by atoms with Gasteiger partial charge >= 0.3 is 0 Å². The third-order valence-corrected chi connectivity index (χ3v) is 3.31. The molecule has 0 amide bonds. The van der Waals surface area contributed by atoms with E-state index >= 15 is 0 Å². The van der Waals surface area contributed by atoms with E-state index in [1.165, 1.54) is 12.1 Å². The molecule has 0 saturated carbocycles. The molecule has 0 aliphatic carbocycles. The summed E-state index contributed by atoms with van der Waals surface area (Å²) in [5.74, 6) is 0. The summed E-state index contributed by atoms with van der Waals surface area (Å²) in [7, 11) is 0. The third kappa shape index (κ3) is 3.55. The lowest BCUT2D eigenvalue weighted by Crippen LogP contribution is -2.01. The maximum Gasteiger partial charge on any atom is 0.263 e. The smallest absolute Gasteiger partial charge is 0.263 e. The van der Waals surface area contributed by atoms with Crippen molar-refractivity contribution >= 4 is 21.6 Å². The first-order valence-electron chi connectivity index (χ1n) is 5.90. The minimum Gasteiger partial charge on any atom is -0.380 e. The molecule has 0 saturated heterocycles. The number of nitriles is 1. The van der Waals surface area contributed by atoms with Gasteiger partial charge in [0.2, 0.25) is 0 Å². The number of nitrogens with zero attached hydrogens (tertiary/aromatic N) is 1. The molecule has 2 aromatic carbocycles. The Labute approximate surface area is 124 Å².